The van der Waals surface area contributed by atoms with E-state index < -0.39 is 0 Å². The van der Waals surface area contributed by atoms with Crippen molar-refractivity contribution in [2.75, 3.05) is 20.1 Å². The second kappa shape index (κ2) is 7.93. The molecule has 1 rings (SSSR count). The summed E-state index contributed by atoms with van der Waals surface area (Å²) >= 11 is 3.19. The summed E-state index contributed by atoms with van der Waals surface area (Å²) in [6.07, 6.45) is 0. The van der Waals surface area contributed by atoms with Gasteiger partial charge >= 0.3 is 0 Å². The Morgan fingerprint density at radius 3 is 2.55 bits per heavy atom. The number of nitro groups is 1. The predicted molar refractivity (Wildman–Crippen MR) is 87.2 cm³/mol. The summed E-state index contributed by atoms with van der Waals surface area (Å²) in [6, 6.07) is 5.22. The van der Waals surface area contributed by atoms with Crippen LogP contribution in [0.4, 0.5) is 5.69 Å². The zero-order valence-electron chi connectivity index (χ0n) is 11.9. The first-order valence-electron chi connectivity index (χ1n) is 6.06. The Morgan fingerprint density at radius 1 is 1.45 bits per heavy atom. The molecule has 0 radical (unpaired) electrons. The van der Waals surface area contributed by atoms with Crippen molar-refractivity contribution in [1.82, 2.24) is 4.90 Å². The molecular weight excluding hydrogens is 346 g/mol. The van der Waals surface area contributed by atoms with E-state index in [4.69, 9.17) is 5.73 Å². The van der Waals surface area contributed by atoms with Crippen LogP contribution in [0.15, 0.2) is 22.7 Å². The predicted octanol–water partition coefficient (Wildman–Crippen LogP) is 3.20. The summed E-state index contributed by atoms with van der Waals surface area (Å²) in [7, 11) is 1.99. The van der Waals surface area contributed by atoms with Gasteiger partial charge in [0.1, 0.15) is 0 Å². The molecule has 2 N–H and O–H groups in total. The van der Waals surface area contributed by atoms with Gasteiger partial charge in [-0.15, -0.1) is 12.4 Å². The van der Waals surface area contributed by atoms with Crippen molar-refractivity contribution in [1.29, 1.82) is 0 Å². The number of hydrogen-bond acceptors (Lipinski definition) is 4. The van der Waals surface area contributed by atoms with E-state index in [0.717, 1.165) is 12.1 Å². The number of halogens is 2. The third kappa shape index (κ3) is 5.75. The number of nitrogens with zero attached hydrogens (tertiary/aromatic N) is 2. The maximum absolute atomic E-state index is 10.9. The van der Waals surface area contributed by atoms with Crippen LogP contribution in [0, 0.1) is 15.5 Å². The first kappa shape index (κ1) is 19.3. The van der Waals surface area contributed by atoms with Crippen LogP contribution in [-0.2, 0) is 6.54 Å². The van der Waals surface area contributed by atoms with Crippen LogP contribution in [0.2, 0.25) is 0 Å². The number of benzene rings is 1. The van der Waals surface area contributed by atoms with Gasteiger partial charge in [-0.1, -0.05) is 19.9 Å². The maximum atomic E-state index is 10.9. The Kier molecular flexibility index (Phi) is 7.65. The summed E-state index contributed by atoms with van der Waals surface area (Å²) in [4.78, 5) is 12.6. The summed E-state index contributed by atoms with van der Waals surface area (Å²) in [5.41, 5.74) is 6.77. The van der Waals surface area contributed by atoms with Gasteiger partial charge in [0.15, 0.2) is 0 Å². The lowest BCUT2D eigenvalue weighted by Gasteiger charge is -2.29. The molecule has 1 aromatic rings. The minimum atomic E-state index is -0.378. The lowest BCUT2D eigenvalue weighted by atomic mass is 9.93. The van der Waals surface area contributed by atoms with Crippen LogP contribution < -0.4 is 5.73 Å². The Labute approximate surface area is 134 Å². The Balaban J connectivity index is 0.00000361. The minimum Gasteiger partial charge on any atom is -0.330 e. The molecule has 0 saturated heterocycles. The fourth-order valence-electron chi connectivity index (χ4n) is 1.96. The van der Waals surface area contributed by atoms with Gasteiger partial charge in [0, 0.05) is 19.2 Å². The van der Waals surface area contributed by atoms with Gasteiger partial charge in [0.05, 0.1) is 9.40 Å². The summed E-state index contributed by atoms with van der Waals surface area (Å²) in [5.74, 6) is 0. The van der Waals surface area contributed by atoms with Gasteiger partial charge in [-0.2, -0.15) is 0 Å². The van der Waals surface area contributed by atoms with Gasteiger partial charge < -0.3 is 10.6 Å². The summed E-state index contributed by atoms with van der Waals surface area (Å²) in [5, 5.41) is 10.9. The lowest BCUT2D eigenvalue weighted by molar-refractivity contribution is -0.385. The highest BCUT2D eigenvalue weighted by molar-refractivity contribution is 9.10. The Bertz CT molecular complexity index is 469. The second-order valence-corrected chi connectivity index (χ2v) is 6.44. The molecule has 0 amide bonds. The molecule has 0 atom stereocenters. The molecule has 5 nitrogen and oxygen atoms in total. The van der Waals surface area contributed by atoms with Crippen LogP contribution in [0.5, 0.6) is 0 Å². The zero-order chi connectivity index (χ0) is 14.6. The van der Waals surface area contributed by atoms with E-state index >= 15 is 0 Å². The molecule has 0 aliphatic rings. The van der Waals surface area contributed by atoms with Crippen molar-refractivity contribution in [3.8, 4) is 0 Å². The molecule has 0 aliphatic carbocycles. The molecule has 114 valence electrons. The first-order valence-corrected chi connectivity index (χ1v) is 6.86. The molecule has 0 aliphatic heterocycles. The smallest absolute Gasteiger partial charge is 0.283 e. The van der Waals surface area contributed by atoms with E-state index in [1.165, 1.54) is 0 Å². The van der Waals surface area contributed by atoms with Crippen molar-refractivity contribution in [3.05, 3.63) is 38.3 Å². The number of rotatable bonds is 6. The van der Waals surface area contributed by atoms with Crippen LogP contribution in [0.25, 0.3) is 0 Å². The highest BCUT2D eigenvalue weighted by atomic mass is 79.9. The van der Waals surface area contributed by atoms with Crippen LogP contribution >= 0.6 is 28.3 Å². The van der Waals surface area contributed by atoms with Gasteiger partial charge in [-0.25, -0.2) is 0 Å². The topological polar surface area (TPSA) is 72.4 Å². The third-order valence-corrected chi connectivity index (χ3v) is 3.58. The fraction of sp³-hybridized carbons (Fsp3) is 0.538. The number of nitrogens with two attached hydrogens (primary N) is 1. The zero-order valence-corrected chi connectivity index (χ0v) is 14.3. The third-order valence-electron chi connectivity index (χ3n) is 2.91. The van der Waals surface area contributed by atoms with Crippen molar-refractivity contribution in [2.24, 2.45) is 11.1 Å². The monoisotopic (exact) mass is 365 g/mol. The molecule has 20 heavy (non-hydrogen) atoms. The quantitative estimate of drug-likeness (QED) is 0.620. The van der Waals surface area contributed by atoms with E-state index in [-0.39, 0.29) is 28.4 Å². The number of hydrogen-bond donors (Lipinski definition) is 1. The average Bonchev–Trinajstić information content (AvgIpc) is 2.30. The Morgan fingerprint density at radius 2 is 2.05 bits per heavy atom. The highest BCUT2D eigenvalue weighted by Crippen LogP contribution is 2.26. The van der Waals surface area contributed by atoms with E-state index in [1.807, 2.05) is 13.1 Å². The largest absolute Gasteiger partial charge is 0.330 e. The van der Waals surface area contributed by atoms with E-state index in [1.54, 1.807) is 12.1 Å². The molecular formula is C13H21BrClN3O2. The maximum Gasteiger partial charge on any atom is 0.283 e. The van der Waals surface area contributed by atoms with Crippen molar-refractivity contribution >= 4 is 34.0 Å². The number of nitro benzene ring substituents is 1. The molecule has 0 aromatic heterocycles. The molecule has 0 heterocycles. The van der Waals surface area contributed by atoms with Crippen molar-refractivity contribution < 1.29 is 4.92 Å². The van der Waals surface area contributed by atoms with Crippen molar-refractivity contribution in [2.45, 2.75) is 20.4 Å². The average molecular weight is 367 g/mol. The van der Waals surface area contributed by atoms with Crippen molar-refractivity contribution in [3.63, 3.8) is 0 Å². The van der Waals surface area contributed by atoms with Gasteiger partial charge in [-0.05, 0) is 46.6 Å². The van der Waals surface area contributed by atoms with Gasteiger partial charge in [0.2, 0.25) is 0 Å². The first-order chi connectivity index (χ1) is 8.75. The second-order valence-electron chi connectivity index (χ2n) is 5.58. The van der Waals surface area contributed by atoms with Crippen LogP contribution in [-0.4, -0.2) is 30.0 Å². The van der Waals surface area contributed by atoms with Crippen LogP contribution in [0.1, 0.15) is 19.4 Å². The molecule has 0 spiro atoms. The standard InChI is InChI=1S/C13H20BrN3O2.ClH/c1-13(2,8-15)9-16(3)7-10-4-5-11(14)12(6-10)17(18)19;/h4-6H,7-9,15H2,1-3H3;1H. The van der Waals surface area contributed by atoms with Gasteiger partial charge in [-0.3, -0.25) is 10.1 Å². The normalized spacial score (nSPS) is 11.3. The highest BCUT2D eigenvalue weighted by Gasteiger charge is 2.19. The molecule has 0 bridgehead atoms. The van der Waals surface area contributed by atoms with Gasteiger partial charge in [0.25, 0.3) is 5.69 Å². The summed E-state index contributed by atoms with van der Waals surface area (Å²) < 4.78 is 0.506. The van der Waals surface area contributed by atoms with Crippen LogP contribution in [0.3, 0.4) is 0 Å². The molecule has 7 heteroatoms. The fourth-order valence-corrected chi connectivity index (χ4v) is 2.35. The molecule has 0 unspecified atom stereocenters. The molecule has 0 saturated carbocycles. The lowest BCUT2D eigenvalue weighted by Crippen LogP contribution is -2.36. The SMILES string of the molecule is CN(Cc1ccc(Br)c([N+](=O)[O-])c1)CC(C)(C)CN.Cl. The van der Waals surface area contributed by atoms with E-state index in [2.05, 4.69) is 34.7 Å². The molecule has 0 fully saturated rings. The minimum absolute atomic E-state index is 0. The van der Waals surface area contributed by atoms with E-state index in [9.17, 15) is 10.1 Å². The summed E-state index contributed by atoms with van der Waals surface area (Å²) in [6.45, 7) is 6.32. The van der Waals surface area contributed by atoms with E-state index in [0.29, 0.717) is 17.6 Å². The molecule has 1 aromatic carbocycles. The Hall–Kier alpha value is -0.690.